The first-order chi connectivity index (χ1) is 7.76. The first-order valence-corrected chi connectivity index (χ1v) is 6.29. The third-order valence-electron chi connectivity index (χ3n) is 3.50. The molecule has 0 saturated heterocycles. The standard InChI is InChI=1S/C14H22N2/c1-3-4-7-16-10-12-6-5-11(2)8-13(12)14(16)9-15/h5-6,8,14H,3-4,7,9-10,15H2,1-2H3. The Morgan fingerprint density at radius 3 is 2.94 bits per heavy atom. The van der Waals surface area contributed by atoms with Crippen molar-refractivity contribution in [2.45, 2.75) is 39.3 Å². The summed E-state index contributed by atoms with van der Waals surface area (Å²) in [4.78, 5) is 2.52. The summed E-state index contributed by atoms with van der Waals surface area (Å²) in [6.07, 6.45) is 2.52. The van der Waals surface area contributed by atoms with Crippen molar-refractivity contribution in [3.63, 3.8) is 0 Å². The van der Waals surface area contributed by atoms with E-state index in [9.17, 15) is 0 Å². The smallest absolute Gasteiger partial charge is 0.0477 e. The summed E-state index contributed by atoms with van der Waals surface area (Å²) in [5, 5.41) is 0. The summed E-state index contributed by atoms with van der Waals surface area (Å²) in [5.41, 5.74) is 10.2. The Morgan fingerprint density at radius 2 is 2.25 bits per heavy atom. The average molecular weight is 218 g/mol. The van der Waals surface area contributed by atoms with Crippen LogP contribution in [0.2, 0.25) is 0 Å². The third kappa shape index (κ3) is 2.13. The van der Waals surface area contributed by atoms with E-state index in [1.54, 1.807) is 0 Å². The number of benzene rings is 1. The van der Waals surface area contributed by atoms with Gasteiger partial charge in [-0.3, -0.25) is 4.90 Å². The summed E-state index contributed by atoms with van der Waals surface area (Å²) in [6, 6.07) is 7.22. The van der Waals surface area contributed by atoms with Gasteiger partial charge in [-0.25, -0.2) is 0 Å². The second-order valence-corrected chi connectivity index (χ2v) is 4.78. The topological polar surface area (TPSA) is 29.3 Å². The van der Waals surface area contributed by atoms with Crippen LogP contribution in [0.25, 0.3) is 0 Å². The van der Waals surface area contributed by atoms with Crippen molar-refractivity contribution < 1.29 is 0 Å². The SMILES string of the molecule is CCCCN1Cc2ccc(C)cc2C1CN. The Labute approximate surface area is 98.4 Å². The summed E-state index contributed by atoms with van der Waals surface area (Å²) in [6.45, 7) is 7.39. The van der Waals surface area contributed by atoms with Crippen molar-refractivity contribution in [3.8, 4) is 0 Å². The average Bonchev–Trinajstić information content (AvgIpc) is 2.63. The number of nitrogens with zero attached hydrogens (tertiary/aromatic N) is 1. The Hall–Kier alpha value is -0.860. The quantitative estimate of drug-likeness (QED) is 0.841. The van der Waals surface area contributed by atoms with Crippen molar-refractivity contribution in [1.82, 2.24) is 4.90 Å². The van der Waals surface area contributed by atoms with Gasteiger partial charge in [0.05, 0.1) is 0 Å². The predicted octanol–water partition coefficient (Wildman–Crippen LogP) is 2.61. The molecular weight excluding hydrogens is 196 g/mol. The molecule has 0 radical (unpaired) electrons. The van der Waals surface area contributed by atoms with E-state index in [-0.39, 0.29) is 0 Å². The predicted molar refractivity (Wildman–Crippen MR) is 68.3 cm³/mol. The lowest BCUT2D eigenvalue weighted by atomic mass is 10.0. The molecule has 1 aromatic rings. The summed E-state index contributed by atoms with van der Waals surface area (Å²) in [7, 11) is 0. The Kier molecular flexibility index (Phi) is 3.62. The molecular formula is C14H22N2. The van der Waals surface area contributed by atoms with Gasteiger partial charge in [-0.15, -0.1) is 0 Å². The molecule has 2 heteroatoms. The van der Waals surface area contributed by atoms with Gasteiger partial charge in [-0.2, -0.15) is 0 Å². The molecule has 2 N–H and O–H groups in total. The van der Waals surface area contributed by atoms with Crippen LogP contribution in [0.15, 0.2) is 18.2 Å². The highest BCUT2D eigenvalue weighted by Gasteiger charge is 2.28. The van der Waals surface area contributed by atoms with Crippen LogP contribution >= 0.6 is 0 Å². The Balaban J connectivity index is 2.19. The van der Waals surface area contributed by atoms with Crippen LogP contribution in [0.5, 0.6) is 0 Å². The largest absolute Gasteiger partial charge is 0.329 e. The molecule has 0 aromatic heterocycles. The van der Waals surface area contributed by atoms with E-state index in [4.69, 9.17) is 5.73 Å². The van der Waals surface area contributed by atoms with Crippen molar-refractivity contribution in [1.29, 1.82) is 0 Å². The number of hydrogen-bond donors (Lipinski definition) is 1. The van der Waals surface area contributed by atoms with E-state index in [1.165, 1.54) is 36.1 Å². The van der Waals surface area contributed by atoms with E-state index in [2.05, 4.69) is 36.9 Å². The summed E-state index contributed by atoms with van der Waals surface area (Å²) in [5.74, 6) is 0. The van der Waals surface area contributed by atoms with Crippen molar-refractivity contribution >= 4 is 0 Å². The van der Waals surface area contributed by atoms with Crippen molar-refractivity contribution in [3.05, 3.63) is 34.9 Å². The Bertz CT molecular complexity index is 360. The molecule has 0 saturated carbocycles. The fourth-order valence-corrected chi connectivity index (χ4v) is 2.57. The van der Waals surface area contributed by atoms with E-state index in [0.29, 0.717) is 6.04 Å². The van der Waals surface area contributed by atoms with Gasteiger partial charge in [0.1, 0.15) is 0 Å². The van der Waals surface area contributed by atoms with Crippen molar-refractivity contribution in [2.75, 3.05) is 13.1 Å². The normalized spacial score (nSPS) is 20.1. The highest BCUT2D eigenvalue weighted by Crippen LogP contribution is 2.33. The van der Waals surface area contributed by atoms with Gasteiger partial charge < -0.3 is 5.73 Å². The van der Waals surface area contributed by atoms with E-state index >= 15 is 0 Å². The number of aryl methyl sites for hydroxylation is 1. The van der Waals surface area contributed by atoms with Gasteiger partial charge in [0.25, 0.3) is 0 Å². The number of rotatable bonds is 4. The first-order valence-electron chi connectivity index (χ1n) is 6.29. The van der Waals surface area contributed by atoms with Crippen LogP contribution in [0, 0.1) is 6.92 Å². The molecule has 2 nitrogen and oxygen atoms in total. The van der Waals surface area contributed by atoms with Crippen LogP contribution in [0.4, 0.5) is 0 Å². The lowest BCUT2D eigenvalue weighted by Crippen LogP contribution is -2.28. The lowest BCUT2D eigenvalue weighted by molar-refractivity contribution is 0.217. The molecule has 0 spiro atoms. The first kappa shape index (κ1) is 11.6. The van der Waals surface area contributed by atoms with Crippen LogP contribution < -0.4 is 5.73 Å². The third-order valence-corrected chi connectivity index (χ3v) is 3.50. The van der Waals surface area contributed by atoms with Gasteiger partial charge in [0, 0.05) is 19.1 Å². The Morgan fingerprint density at radius 1 is 1.44 bits per heavy atom. The highest BCUT2D eigenvalue weighted by molar-refractivity contribution is 5.37. The van der Waals surface area contributed by atoms with E-state index in [0.717, 1.165) is 13.1 Å². The van der Waals surface area contributed by atoms with E-state index in [1.807, 2.05) is 0 Å². The van der Waals surface area contributed by atoms with Gasteiger partial charge in [0.2, 0.25) is 0 Å². The number of hydrogen-bond acceptors (Lipinski definition) is 2. The van der Waals surface area contributed by atoms with Gasteiger partial charge in [-0.1, -0.05) is 37.1 Å². The van der Waals surface area contributed by atoms with Crippen LogP contribution in [0.3, 0.4) is 0 Å². The monoisotopic (exact) mass is 218 g/mol. The molecule has 0 bridgehead atoms. The maximum absolute atomic E-state index is 5.92. The van der Waals surface area contributed by atoms with Gasteiger partial charge in [0.15, 0.2) is 0 Å². The van der Waals surface area contributed by atoms with Gasteiger partial charge >= 0.3 is 0 Å². The number of nitrogens with two attached hydrogens (primary N) is 1. The van der Waals surface area contributed by atoms with E-state index < -0.39 is 0 Å². The maximum Gasteiger partial charge on any atom is 0.0477 e. The molecule has 1 atom stereocenters. The zero-order chi connectivity index (χ0) is 11.5. The molecule has 16 heavy (non-hydrogen) atoms. The molecule has 2 rings (SSSR count). The molecule has 1 unspecified atom stereocenters. The zero-order valence-corrected chi connectivity index (χ0v) is 10.4. The molecule has 1 heterocycles. The second kappa shape index (κ2) is 4.98. The number of fused-ring (bicyclic) bond motifs is 1. The minimum atomic E-state index is 0.446. The van der Waals surface area contributed by atoms with Gasteiger partial charge in [-0.05, 0) is 31.0 Å². The molecule has 88 valence electrons. The zero-order valence-electron chi connectivity index (χ0n) is 10.4. The van der Waals surface area contributed by atoms with Crippen LogP contribution in [0.1, 0.15) is 42.5 Å². The molecule has 1 aliphatic rings. The molecule has 0 fully saturated rings. The molecule has 0 amide bonds. The fraction of sp³-hybridized carbons (Fsp3) is 0.571. The minimum absolute atomic E-state index is 0.446. The highest BCUT2D eigenvalue weighted by atomic mass is 15.2. The molecule has 1 aromatic carbocycles. The van der Waals surface area contributed by atoms with Crippen LogP contribution in [-0.2, 0) is 6.54 Å². The maximum atomic E-state index is 5.92. The second-order valence-electron chi connectivity index (χ2n) is 4.78. The lowest BCUT2D eigenvalue weighted by Gasteiger charge is -2.23. The minimum Gasteiger partial charge on any atom is -0.329 e. The summed E-state index contributed by atoms with van der Waals surface area (Å²) < 4.78 is 0. The van der Waals surface area contributed by atoms with Crippen LogP contribution in [-0.4, -0.2) is 18.0 Å². The molecule has 0 aliphatic carbocycles. The molecule has 1 aliphatic heterocycles. The fourth-order valence-electron chi connectivity index (χ4n) is 2.57. The number of unbranched alkanes of at least 4 members (excludes halogenated alkanes) is 1. The summed E-state index contributed by atoms with van der Waals surface area (Å²) >= 11 is 0. The van der Waals surface area contributed by atoms with Crippen molar-refractivity contribution in [2.24, 2.45) is 5.73 Å².